The van der Waals surface area contributed by atoms with Gasteiger partial charge in [-0.3, -0.25) is 0 Å². The summed E-state index contributed by atoms with van der Waals surface area (Å²) in [5, 5.41) is 0. The third kappa shape index (κ3) is 10.6. The topological polar surface area (TPSA) is 0 Å². The molecule has 1 atom stereocenters. The van der Waals surface area contributed by atoms with E-state index >= 15 is 0 Å². The molecule has 0 nitrogen and oxygen atoms in total. The zero-order valence-electron chi connectivity index (χ0n) is 3.15. The second-order valence-electron chi connectivity index (χ2n) is 1.24. The van der Waals surface area contributed by atoms with E-state index in [0.29, 0.717) is 0 Å². The first kappa shape index (κ1) is 5.23. The molecule has 4 heavy (non-hydrogen) atoms. The summed E-state index contributed by atoms with van der Waals surface area (Å²) >= 11 is -0.720. The van der Waals surface area contributed by atoms with Gasteiger partial charge in [-0.05, 0) is 0 Å². The van der Waals surface area contributed by atoms with Gasteiger partial charge in [0.25, 0.3) is 0 Å². The summed E-state index contributed by atoms with van der Waals surface area (Å²) in [6, 6.07) is 0. The van der Waals surface area contributed by atoms with Gasteiger partial charge in [0.1, 0.15) is 0 Å². The van der Waals surface area contributed by atoms with Crippen molar-refractivity contribution >= 4 is 26.1 Å². The van der Waals surface area contributed by atoms with E-state index in [1.165, 1.54) is 0 Å². The van der Waals surface area contributed by atoms with Crippen molar-refractivity contribution < 1.29 is 0 Å². The molecule has 0 amide bonds. The molecule has 0 bridgehead atoms. The minimum atomic E-state index is -0.720. The van der Waals surface area contributed by atoms with Crippen molar-refractivity contribution in [3.63, 3.8) is 0 Å². The van der Waals surface area contributed by atoms with Gasteiger partial charge < -0.3 is 0 Å². The Labute approximate surface area is 36.3 Å². The average molecular weight is 183 g/mol. The van der Waals surface area contributed by atoms with Crippen LogP contribution in [0.25, 0.3) is 0 Å². The summed E-state index contributed by atoms with van der Waals surface area (Å²) in [6.45, 7) is 2.87. The van der Waals surface area contributed by atoms with Crippen molar-refractivity contribution in [3.05, 3.63) is 0 Å². The molecule has 0 rings (SSSR count). The Kier molecular flexibility index (Phi) is 3.22. The van der Waals surface area contributed by atoms with Crippen LogP contribution in [-0.2, 0) is 0 Å². The zero-order chi connectivity index (χ0) is 3.58. The molecule has 0 saturated heterocycles. The third-order valence-electron chi connectivity index (χ3n) is 0. The molecule has 0 radical (unpaired) electrons. The summed E-state index contributed by atoms with van der Waals surface area (Å²) < 4.78 is 0. The van der Waals surface area contributed by atoms with E-state index in [1.54, 1.807) is 0 Å². The van der Waals surface area contributed by atoms with E-state index in [1.807, 2.05) is 0 Å². The fraction of sp³-hybridized carbons (Fsp3) is 1.00. The molecule has 26 valence electrons. The molecule has 0 N–H and O–H groups in total. The van der Waals surface area contributed by atoms with Crippen LogP contribution in [0.3, 0.4) is 0 Å². The molecule has 2 heteroatoms. The van der Waals surface area contributed by atoms with Crippen molar-refractivity contribution in [1.29, 1.82) is 0 Å². The van der Waals surface area contributed by atoms with Crippen LogP contribution in [-0.4, -0.2) is 19.2 Å². The summed E-state index contributed by atoms with van der Waals surface area (Å²) in [7, 11) is 0. The van der Waals surface area contributed by atoms with Gasteiger partial charge in [-0.15, -0.1) is 0 Å². The fourth-order valence-corrected chi connectivity index (χ4v) is 0. The van der Waals surface area contributed by atoms with Crippen LogP contribution in [0.15, 0.2) is 0 Å². The molecule has 0 aromatic carbocycles. The second kappa shape index (κ2) is 2.47. The SMILES string of the molecule is [CH3][SnH]([CH3])[PH2]. The number of rotatable bonds is 0. The summed E-state index contributed by atoms with van der Waals surface area (Å²) in [6.07, 6.45) is 0. The number of hydrogen-bond acceptors (Lipinski definition) is 0. The minimum absolute atomic E-state index is 0.720. The van der Waals surface area contributed by atoms with Gasteiger partial charge in [0.05, 0.1) is 0 Å². The summed E-state index contributed by atoms with van der Waals surface area (Å²) in [5.74, 6) is 0. The van der Waals surface area contributed by atoms with Crippen molar-refractivity contribution in [2.24, 2.45) is 0 Å². The second-order valence-corrected chi connectivity index (χ2v) is 17.3. The van der Waals surface area contributed by atoms with Gasteiger partial charge in [-0.1, -0.05) is 0 Å². The molecule has 0 aromatic heterocycles. The molecule has 0 heterocycles. The van der Waals surface area contributed by atoms with Crippen molar-refractivity contribution in [3.8, 4) is 0 Å². The molecule has 0 aromatic rings. The van der Waals surface area contributed by atoms with Crippen LogP contribution in [0.5, 0.6) is 0 Å². The Morgan fingerprint density at radius 3 is 1.50 bits per heavy atom. The molecule has 0 aliphatic carbocycles. The molecular weight excluding hydrogens is 174 g/mol. The Balaban J connectivity index is 2.32. The molecule has 0 aliphatic heterocycles. The first-order valence-electron chi connectivity index (χ1n) is 1.49. The third-order valence-corrected chi connectivity index (χ3v) is 0. The first-order valence-corrected chi connectivity index (χ1v) is 14.5. The van der Waals surface area contributed by atoms with E-state index in [9.17, 15) is 0 Å². The first-order chi connectivity index (χ1) is 1.73. The molecular formula is C2H9PSn. The van der Waals surface area contributed by atoms with Gasteiger partial charge in [0.15, 0.2) is 0 Å². The van der Waals surface area contributed by atoms with Crippen LogP contribution in [0.4, 0.5) is 0 Å². The molecule has 0 aliphatic rings. The number of hydrogen-bond donors (Lipinski definition) is 0. The van der Waals surface area contributed by atoms with E-state index in [0.717, 1.165) is 0 Å². The van der Waals surface area contributed by atoms with Crippen molar-refractivity contribution in [1.82, 2.24) is 0 Å². The van der Waals surface area contributed by atoms with Gasteiger partial charge in [-0.25, -0.2) is 0 Å². The maximum absolute atomic E-state index is 2.87. The Hall–Kier alpha value is 1.23. The maximum atomic E-state index is 2.87. The van der Waals surface area contributed by atoms with E-state index in [4.69, 9.17) is 0 Å². The van der Waals surface area contributed by atoms with E-state index in [-0.39, 0.29) is 0 Å². The Bertz CT molecular complexity index is 10.8. The summed E-state index contributed by atoms with van der Waals surface area (Å²) in [5.41, 5.74) is 0. The van der Waals surface area contributed by atoms with Gasteiger partial charge in [-0.2, -0.15) is 0 Å². The van der Waals surface area contributed by atoms with Crippen molar-refractivity contribution in [2.75, 3.05) is 0 Å². The van der Waals surface area contributed by atoms with E-state index < -0.39 is 19.2 Å². The van der Waals surface area contributed by atoms with Gasteiger partial charge in [0, 0.05) is 0 Å². The predicted molar refractivity (Wildman–Crippen MR) is 28.6 cm³/mol. The standard InChI is InChI=1S/2CH3.H2P.Sn.H/h2*1H3;1H2;;/q;;-1;+1;. The van der Waals surface area contributed by atoms with Crippen molar-refractivity contribution in [2.45, 2.75) is 9.88 Å². The Morgan fingerprint density at radius 1 is 1.50 bits per heavy atom. The van der Waals surface area contributed by atoms with Crippen LogP contribution in [0.1, 0.15) is 0 Å². The summed E-state index contributed by atoms with van der Waals surface area (Å²) in [4.78, 5) is 4.68. The van der Waals surface area contributed by atoms with Gasteiger partial charge in [0.2, 0.25) is 0 Å². The van der Waals surface area contributed by atoms with Crippen LogP contribution < -0.4 is 0 Å². The van der Waals surface area contributed by atoms with Crippen LogP contribution in [0.2, 0.25) is 9.88 Å². The van der Waals surface area contributed by atoms with Crippen LogP contribution >= 0.6 is 6.89 Å². The quantitative estimate of drug-likeness (QED) is 0.385. The molecule has 0 spiro atoms. The normalized spacial score (nSPS) is 9.00. The fourth-order valence-electron chi connectivity index (χ4n) is 0. The molecule has 0 saturated carbocycles. The van der Waals surface area contributed by atoms with Crippen LogP contribution in [0, 0.1) is 0 Å². The zero-order valence-corrected chi connectivity index (χ0v) is 7.61. The monoisotopic (exact) mass is 184 g/mol. The average Bonchev–Trinajstić information content (AvgIpc) is 0.811. The van der Waals surface area contributed by atoms with Gasteiger partial charge >= 0.3 is 36.0 Å². The van der Waals surface area contributed by atoms with E-state index in [2.05, 4.69) is 16.8 Å². The molecule has 0 fully saturated rings. The Morgan fingerprint density at radius 2 is 1.50 bits per heavy atom. The predicted octanol–water partition coefficient (Wildman–Crippen LogP) is 0.845. The molecule has 1 unspecified atom stereocenters.